The SMILES string of the molecule is CC(C)CC1C(OCc2ccccc2)=NC(c2c[nH]c3ccccc23)=C(Cl)N1C. The molecule has 2 heterocycles. The van der Waals surface area contributed by atoms with Crippen LogP contribution in [0.5, 0.6) is 0 Å². The van der Waals surface area contributed by atoms with Gasteiger partial charge in [-0.15, -0.1) is 0 Å². The summed E-state index contributed by atoms with van der Waals surface area (Å²) in [6.07, 6.45) is 2.89. The van der Waals surface area contributed by atoms with Gasteiger partial charge in [-0.1, -0.05) is 74.0 Å². The maximum absolute atomic E-state index is 6.81. The zero-order chi connectivity index (χ0) is 20.4. The number of hydrogen-bond donors (Lipinski definition) is 1. The van der Waals surface area contributed by atoms with Crippen LogP contribution in [-0.2, 0) is 11.3 Å². The third-order valence-electron chi connectivity index (χ3n) is 5.25. The van der Waals surface area contributed by atoms with E-state index >= 15 is 0 Å². The number of likely N-dealkylation sites (N-methyl/N-ethyl adjacent to an activating group) is 1. The van der Waals surface area contributed by atoms with Gasteiger partial charge in [0.05, 0.1) is 0 Å². The van der Waals surface area contributed by atoms with E-state index in [1.165, 1.54) is 0 Å². The van der Waals surface area contributed by atoms with Crippen molar-refractivity contribution in [3.8, 4) is 0 Å². The van der Waals surface area contributed by atoms with E-state index in [1.807, 2.05) is 43.6 Å². The molecule has 1 atom stereocenters. The van der Waals surface area contributed by atoms with Crippen molar-refractivity contribution in [2.75, 3.05) is 7.05 Å². The topological polar surface area (TPSA) is 40.6 Å². The van der Waals surface area contributed by atoms with E-state index in [0.29, 0.717) is 17.7 Å². The summed E-state index contributed by atoms with van der Waals surface area (Å²) in [5.41, 5.74) is 3.92. The van der Waals surface area contributed by atoms with Gasteiger partial charge in [-0.05, 0) is 24.0 Å². The predicted molar refractivity (Wildman–Crippen MR) is 121 cm³/mol. The number of H-pyrrole nitrogens is 1. The van der Waals surface area contributed by atoms with Crippen LogP contribution in [0.25, 0.3) is 16.6 Å². The lowest BCUT2D eigenvalue weighted by Crippen LogP contribution is -2.41. The van der Waals surface area contributed by atoms with E-state index in [2.05, 4.69) is 48.0 Å². The van der Waals surface area contributed by atoms with Crippen LogP contribution in [0.1, 0.15) is 31.4 Å². The largest absolute Gasteiger partial charge is 0.474 e. The van der Waals surface area contributed by atoms with E-state index in [0.717, 1.165) is 40.0 Å². The first-order valence-corrected chi connectivity index (χ1v) is 10.4. The summed E-state index contributed by atoms with van der Waals surface area (Å²) in [7, 11) is 2.02. The average molecular weight is 408 g/mol. The van der Waals surface area contributed by atoms with Gasteiger partial charge in [0.25, 0.3) is 0 Å². The van der Waals surface area contributed by atoms with Crippen LogP contribution in [0.15, 0.2) is 70.9 Å². The molecule has 0 bridgehead atoms. The lowest BCUT2D eigenvalue weighted by molar-refractivity contribution is 0.229. The van der Waals surface area contributed by atoms with Crippen LogP contribution in [0, 0.1) is 5.92 Å². The molecule has 1 unspecified atom stereocenters. The summed E-state index contributed by atoms with van der Waals surface area (Å²) in [4.78, 5) is 10.3. The van der Waals surface area contributed by atoms with Crippen LogP contribution in [0.4, 0.5) is 0 Å². The number of aliphatic imine (C=N–C) groups is 1. The van der Waals surface area contributed by atoms with Crippen molar-refractivity contribution in [2.24, 2.45) is 10.9 Å². The second-order valence-corrected chi connectivity index (χ2v) is 8.23. The van der Waals surface area contributed by atoms with Gasteiger partial charge in [-0.2, -0.15) is 0 Å². The lowest BCUT2D eigenvalue weighted by atomic mass is 10.0. The molecule has 0 saturated heterocycles. The Kier molecular flexibility index (Phi) is 5.63. The van der Waals surface area contributed by atoms with Crippen molar-refractivity contribution in [1.29, 1.82) is 0 Å². The summed E-state index contributed by atoms with van der Waals surface area (Å²) in [6.45, 7) is 4.89. The molecule has 0 amide bonds. The zero-order valence-electron chi connectivity index (χ0n) is 17.0. The molecule has 3 aromatic rings. The number of nitrogens with one attached hydrogen (secondary N) is 1. The van der Waals surface area contributed by atoms with Crippen LogP contribution in [-0.4, -0.2) is 28.9 Å². The molecule has 2 aromatic carbocycles. The molecular formula is C24H26ClN3O. The fraction of sp³-hybridized carbons (Fsp3) is 0.292. The van der Waals surface area contributed by atoms with E-state index in [9.17, 15) is 0 Å². The highest BCUT2D eigenvalue weighted by Gasteiger charge is 2.32. The molecule has 0 aliphatic carbocycles. The Labute approximate surface area is 176 Å². The number of ether oxygens (including phenoxy) is 1. The number of aromatic amines is 1. The third-order valence-corrected chi connectivity index (χ3v) is 5.69. The van der Waals surface area contributed by atoms with Crippen molar-refractivity contribution >= 4 is 34.1 Å². The molecule has 0 saturated carbocycles. The zero-order valence-corrected chi connectivity index (χ0v) is 17.8. The predicted octanol–water partition coefficient (Wildman–Crippen LogP) is 6.01. The van der Waals surface area contributed by atoms with Crippen molar-refractivity contribution < 1.29 is 4.74 Å². The van der Waals surface area contributed by atoms with E-state index in [1.54, 1.807) is 0 Å². The Hall–Kier alpha value is -2.72. The number of hydrogen-bond acceptors (Lipinski definition) is 3. The summed E-state index contributed by atoms with van der Waals surface area (Å²) >= 11 is 6.81. The summed E-state index contributed by atoms with van der Waals surface area (Å²) in [5.74, 6) is 1.21. The molecule has 1 N–H and O–H groups in total. The molecule has 1 aliphatic heterocycles. The summed E-state index contributed by atoms with van der Waals surface area (Å²) < 4.78 is 6.25. The van der Waals surface area contributed by atoms with Gasteiger partial charge in [0, 0.05) is 29.7 Å². The minimum absolute atomic E-state index is 0.0140. The normalized spacial score (nSPS) is 17.2. The molecule has 0 radical (unpaired) electrons. The Morgan fingerprint density at radius 3 is 2.59 bits per heavy atom. The minimum Gasteiger partial charge on any atom is -0.474 e. The van der Waals surface area contributed by atoms with E-state index in [4.69, 9.17) is 21.3 Å². The number of nitrogens with zero attached hydrogens (tertiary/aromatic N) is 2. The number of halogens is 1. The van der Waals surface area contributed by atoms with E-state index < -0.39 is 0 Å². The molecule has 0 fully saturated rings. The Morgan fingerprint density at radius 1 is 1.10 bits per heavy atom. The molecular weight excluding hydrogens is 382 g/mol. The Balaban J connectivity index is 1.72. The second kappa shape index (κ2) is 8.34. The fourth-order valence-electron chi connectivity index (χ4n) is 3.70. The van der Waals surface area contributed by atoms with Gasteiger partial charge < -0.3 is 14.6 Å². The standard InChI is InChI=1S/C24H26ClN3O/c1-16(2)13-21-24(29-15-17-9-5-4-6-10-17)27-22(23(25)28(21)3)19-14-26-20-12-8-7-11-18(19)20/h4-12,14,16,21,26H,13,15H2,1-3H3. The van der Waals surface area contributed by atoms with Crippen molar-refractivity contribution in [3.63, 3.8) is 0 Å². The third kappa shape index (κ3) is 4.03. The first-order chi connectivity index (χ1) is 14.0. The van der Waals surface area contributed by atoms with Gasteiger partial charge in [0.2, 0.25) is 5.90 Å². The quantitative estimate of drug-likeness (QED) is 0.526. The molecule has 4 nitrogen and oxygen atoms in total. The van der Waals surface area contributed by atoms with Gasteiger partial charge in [-0.3, -0.25) is 0 Å². The summed E-state index contributed by atoms with van der Waals surface area (Å²) in [5, 5.41) is 1.75. The number of fused-ring (bicyclic) bond motifs is 1. The highest BCUT2D eigenvalue weighted by atomic mass is 35.5. The van der Waals surface area contributed by atoms with Crippen LogP contribution >= 0.6 is 11.6 Å². The molecule has 5 heteroatoms. The fourth-order valence-corrected chi connectivity index (χ4v) is 3.97. The molecule has 1 aliphatic rings. The van der Waals surface area contributed by atoms with Crippen LogP contribution in [0.2, 0.25) is 0 Å². The van der Waals surface area contributed by atoms with E-state index in [-0.39, 0.29) is 6.04 Å². The van der Waals surface area contributed by atoms with Crippen molar-refractivity contribution in [2.45, 2.75) is 32.9 Å². The minimum atomic E-state index is 0.0140. The number of aromatic nitrogens is 1. The Bertz CT molecular complexity index is 1050. The van der Waals surface area contributed by atoms with Crippen LogP contribution < -0.4 is 0 Å². The highest BCUT2D eigenvalue weighted by Crippen LogP contribution is 2.36. The number of rotatable bonds is 5. The Morgan fingerprint density at radius 2 is 1.83 bits per heavy atom. The van der Waals surface area contributed by atoms with Crippen LogP contribution in [0.3, 0.4) is 0 Å². The first kappa shape index (κ1) is 19.6. The molecule has 150 valence electrons. The summed E-state index contributed by atoms with van der Waals surface area (Å²) in [6, 6.07) is 18.4. The molecule has 1 aromatic heterocycles. The first-order valence-electron chi connectivity index (χ1n) is 9.99. The van der Waals surface area contributed by atoms with Crippen molar-refractivity contribution in [3.05, 3.63) is 77.1 Å². The molecule has 29 heavy (non-hydrogen) atoms. The number of para-hydroxylation sites is 1. The smallest absolute Gasteiger partial charge is 0.212 e. The average Bonchev–Trinajstić information content (AvgIpc) is 3.15. The van der Waals surface area contributed by atoms with Gasteiger partial charge >= 0.3 is 0 Å². The maximum Gasteiger partial charge on any atom is 0.212 e. The second-order valence-electron chi connectivity index (χ2n) is 7.87. The molecule has 0 spiro atoms. The monoisotopic (exact) mass is 407 g/mol. The lowest BCUT2D eigenvalue weighted by Gasteiger charge is -2.35. The molecule has 4 rings (SSSR count). The van der Waals surface area contributed by atoms with Gasteiger partial charge in [0.15, 0.2) is 0 Å². The van der Waals surface area contributed by atoms with Crippen molar-refractivity contribution in [1.82, 2.24) is 9.88 Å². The maximum atomic E-state index is 6.81. The number of benzene rings is 2. The van der Waals surface area contributed by atoms with Gasteiger partial charge in [0.1, 0.15) is 23.5 Å². The highest BCUT2D eigenvalue weighted by molar-refractivity contribution is 6.33. The van der Waals surface area contributed by atoms with Gasteiger partial charge in [-0.25, -0.2) is 4.99 Å².